The quantitative estimate of drug-likeness (QED) is 0.851. The van der Waals surface area contributed by atoms with Gasteiger partial charge in [0, 0.05) is 19.0 Å². The van der Waals surface area contributed by atoms with Crippen LogP contribution in [0.1, 0.15) is 18.4 Å². The zero-order chi connectivity index (χ0) is 17.7. The van der Waals surface area contributed by atoms with Crippen LogP contribution in [0.2, 0.25) is 0 Å². The van der Waals surface area contributed by atoms with Gasteiger partial charge >= 0.3 is 6.18 Å². The minimum Gasteiger partial charge on any atom is -0.347 e. The number of rotatable bonds is 4. The molecule has 0 radical (unpaired) electrons. The predicted molar refractivity (Wildman–Crippen MR) is 78.5 cm³/mol. The molecule has 0 spiro atoms. The first-order valence-corrected chi connectivity index (χ1v) is 7.61. The number of carbonyl (C=O) groups excluding carboxylic acids is 2. The van der Waals surface area contributed by atoms with Crippen molar-refractivity contribution in [2.75, 3.05) is 19.6 Å². The third-order valence-corrected chi connectivity index (χ3v) is 3.95. The number of hydrogen-bond donors (Lipinski definition) is 1. The van der Waals surface area contributed by atoms with E-state index in [2.05, 4.69) is 0 Å². The molecule has 1 fully saturated rings. The Morgan fingerprint density at radius 1 is 1.12 bits per heavy atom. The molecule has 2 rings (SSSR count). The lowest BCUT2D eigenvalue weighted by atomic mass is 9.95. The second-order valence-electron chi connectivity index (χ2n) is 5.79. The highest BCUT2D eigenvalue weighted by atomic mass is 19.4. The Morgan fingerprint density at radius 2 is 1.71 bits per heavy atom. The van der Waals surface area contributed by atoms with Crippen molar-refractivity contribution in [3.63, 3.8) is 0 Å². The van der Waals surface area contributed by atoms with Gasteiger partial charge in [0.1, 0.15) is 12.4 Å². The Hall–Kier alpha value is -2.12. The number of piperidine rings is 1. The highest BCUT2D eigenvalue weighted by Crippen LogP contribution is 2.19. The molecule has 1 heterocycles. The maximum Gasteiger partial charge on any atom is 0.405 e. The number of benzene rings is 1. The Kier molecular flexibility index (Phi) is 5.80. The smallest absolute Gasteiger partial charge is 0.347 e. The number of hydrogen-bond acceptors (Lipinski definition) is 2. The first kappa shape index (κ1) is 18.2. The SMILES string of the molecule is O=C(NCC(F)(F)F)C1CCN(C(=O)Cc2ccc(F)cc2)CC1. The summed E-state index contributed by atoms with van der Waals surface area (Å²) >= 11 is 0. The fourth-order valence-corrected chi connectivity index (χ4v) is 2.61. The molecule has 1 aromatic rings. The van der Waals surface area contributed by atoms with Crippen LogP contribution in [0, 0.1) is 11.7 Å². The lowest BCUT2D eigenvalue weighted by Gasteiger charge is -2.31. The average molecular weight is 346 g/mol. The molecule has 4 nitrogen and oxygen atoms in total. The minimum absolute atomic E-state index is 0.130. The second kappa shape index (κ2) is 7.63. The lowest BCUT2D eigenvalue weighted by Crippen LogP contribution is -2.45. The van der Waals surface area contributed by atoms with E-state index in [1.54, 1.807) is 4.90 Å². The van der Waals surface area contributed by atoms with Crippen LogP contribution in [0.15, 0.2) is 24.3 Å². The van der Waals surface area contributed by atoms with Crippen LogP contribution in [-0.2, 0) is 16.0 Å². The van der Waals surface area contributed by atoms with E-state index in [1.165, 1.54) is 24.3 Å². The van der Waals surface area contributed by atoms with Crippen molar-refractivity contribution in [2.45, 2.75) is 25.4 Å². The van der Waals surface area contributed by atoms with Gasteiger partial charge in [0.15, 0.2) is 0 Å². The lowest BCUT2D eigenvalue weighted by molar-refractivity contribution is -0.142. The van der Waals surface area contributed by atoms with Crippen molar-refractivity contribution in [2.24, 2.45) is 5.92 Å². The van der Waals surface area contributed by atoms with E-state index in [1.807, 2.05) is 5.32 Å². The fraction of sp³-hybridized carbons (Fsp3) is 0.500. The van der Waals surface area contributed by atoms with Gasteiger partial charge in [-0.1, -0.05) is 12.1 Å². The van der Waals surface area contributed by atoms with Crippen LogP contribution in [0.25, 0.3) is 0 Å². The van der Waals surface area contributed by atoms with Gasteiger partial charge in [0.2, 0.25) is 11.8 Å². The van der Waals surface area contributed by atoms with E-state index in [4.69, 9.17) is 0 Å². The summed E-state index contributed by atoms with van der Waals surface area (Å²) in [4.78, 5) is 25.4. The summed E-state index contributed by atoms with van der Waals surface area (Å²) < 4.78 is 49.1. The summed E-state index contributed by atoms with van der Waals surface area (Å²) in [6.07, 6.45) is -3.63. The second-order valence-corrected chi connectivity index (χ2v) is 5.79. The van der Waals surface area contributed by atoms with Gasteiger partial charge in [-0.25, -0.2) is 4.39 Å². The minimum atomic E-state index is -4.43. The maximum absolute atomic E-state index is 12.8. The van der Waals surface area contributed by atoms with E-state index in [0.717, 1.165) is 0 Å². The molecular weight excluding hydrogens is 328 g/mol. The van der Waals surface area contributed by atoms with Gasteiger partial charge in [-0.15, -0.1) is 0 Å². The monoisotopic (exact) mass is 346 g/mol. The maximum atomic E-state index is 12.8. The van der Waals surface area contributed by atoms with Gasteiger partial charge in [-0.2, -0.15) is 13.2 Å². The van der Waals surface area contributed by atoms with Gasteiger partial charge in [0.25, 0.3) is 0 Å². The zero-order valence-electron chi connectivity index (χ0n) is 12.9. The van der Waals surface area contributed by atoms with Crippen molar-refractivity contribution in [3.05, 3.63) is 35.6 Å². The van der Waals surface area contributed by atoms with Gasteiger partial charge < -0.3 is 10.2 Å². The summed E-state index contributed by atoms with van der Waals surface area (Å²) in [6.45, 7) is -0.691. The number of nitrogens with zero attached hydrogens (tertiary/aromatic N) is 1. The van der Waals surface area contributed by atoms with Crippen LogP contribution in [0.4, 0.5) is 17.6 Å². The van der Waals surface area contributed by atoms with Crippen LogP contribution in [0.5, 0.6) is 0 Å². The summed E-state index contributed by atoms with van der Waals surface area (Å²) in [7, 11) is 0. The molecule has 0 aromatic heterocycles. The van der Waals surface area contributed by atoms with Crippen molar-refractivity contribution in [3.8, 4) is 0 Å². The van der Waals surface area contributed by atoms with Gasteiger partial charge in [-0.3, -0.25) is 9.59 Å². The molecule has 1 aromatic carbocycles. The number of nitrogens with one attached hydrogen (secondary N) is 1. The molecule has 0 unspecified atom stereocenters. The number of halogens is 4. The number of amides is 2. The van der Waals surface area contributed by atoms with Crippen molar-refractivity contribution in [1.82, 2.24) is 10.2 Å². The topological polar surface area (TPSA) is 49.4 Å². The van der Waals surface area contributed by atoms with Crippen LogP contribution in [-0.4, -0.2) is 42.5 Å². The molecule has 2 amide bonds. The first-order valence-electron chi connectivity index (χ1n) is 7.61. The predicted octanol–water partition coefficient (Wildman–Crippen LogP) is 2.29. The molecule has 0 bridgehead atoms. The van der Waals surface area contributed by atoms with E-state index >= 15 is 0 Å². The van der Waals surface area contributed by atoms with Crippen LogP contribution < -0.4 is 5.32 Å². The Labute approximate surface area is 136 Å². The normalized spacial score (nSPS) is 16.1. The standard InChI is InChI=1S/C16H18F4N2O2/c17-13-3-1-11(2-4-13)9-14(23)22-7-5-12(6-8-22)15(24)21-10-16(18,19)20/h1-4,12H,5-10H2,(H,21,24). The summed E-state index contributed by atoms with van der Waals surface area (Å²) in [5.41, 5.74) is 0.687. The molecule has 1 N–H and O–H groups in total. The van der Waals surface area contributed by atoms with E-state index in [-0.39, 0.29) is 18.1 Å². The fourth-order valence-electron chi connectivity index (χ4n) is 2.61. The average Bonchev–Trinajstić information content (AvgIpc) is 2.54. The van der Waals surface area contributed by atoms with E-state index in [9.17, 15) is 27.2 Å². The molecule has 1 aliphatic rings. The number of carbonyl (C=O) groups is 2. The van der Waals surface area contributed by atoms with Crippen LogP contribution >= 0.6 is 0 Å². The van der Waals surface area contributed by atoms with Gasteiger partial charge in [-0.05, 0) is 30.5 Å². The summed E-state index contributed by atoms with van der Waals surface area (Å²) in [5.74, 6) is -1.66. The van der Waals surface area contributed by atoms with E-state index in [0.29, 0.717) is 31.5 Å². The Morgan fingerprint density at radius 3 is 2.25 bits per heavy atom. The Bertz CT molecular complexity index is 579. The summed E-state index contributed by atoms with van der Waals surface area (Å²) in [6, 6.07) is 5.62. The van der Waals surface area contributed by atoms with Crippen LogP contribution in [0.3, 0.4) is 0 Å². The third kappa shape index (κ3) is 5.50. The highest BCUT2D eigenvalue weighted by Gasteiger charge is 2.31. The third-order valence-electron chi connectivity index (χ3n) is 3.95. The molecule has 1 saturated heterocycles. The molecule has 1 aliphatic heterocycles. The molecule has 132 valence electrons. The van der Waals surface area contributed by atoms with Crippen molar-refractivity contribution in [1.29, 1.82) is 0 Å². The zero-order valence-corrected chi connectivity index (χ0v) is 12.9. The molecule has 8 heteroatoms. The number of alkyl halides is 3. The highest BCUT2D eigenvalue weighted by molar-refractivity contribution is 5.81. The number of likely N-dealkylation sites (tertiary alicyclic amines) is 1. The molecular formula is C16H18F4N2O2. The molecule has 24 heavy (non-hydrogen) atoms. The van der Waals surface area contributed by atoms with Crippen molar-refractivity contribution >= 4 is 11.8 Å². The summed E-state index contributed by atoms with van der Waals surface area (Å²) in [5, 5.41) is 1.88. The molecule has 0 aliphatic carbocycles. The first-order chi connectivity index (χ1) is 11.2. The van der Waals surface area contributed by atoms with E-state index < -0.39 is 24.5 Å². The van der Waals surface area contributed by atoms with Gasteiger partial charge in [0.05, 0.1) is 6.42 Å². The molecule has 0 saturated carbocycles. The largest absolute Gasteiger partial charge is 0.405 e. The molecule has 0 atom stereocenters. The van der Waals surface area contributed by atoms with Crippen molar-refractivity contribution < 1.29 is 27.2 Å². The Balaban J connectivity index is 1.78.